The second-order valence-corrected chi connectivity index (χ2v) is 4.58. The summed E-state index contributed by atoms with van der Waals surface area (Å²) in [5.41, 5.74) is 0. The quantitative estimate of drug-likeness (QED) is 0.513. The highest BCUT2D eigenvalue weighted by Gasteiger charge is 2.24. The predicted octanol–water partition coefficient (Wildman–Crippen LogP) is 1.65. The third-order valence-corrected chi connectivity index (χ3v) is 3.40. The molecule has 0 aromatic rings. The number of ether oxygens (including phenoxy) is 2. The van der Waals surface area contributed by atoms with Gasteiger partial charge in [-0.2, -0.15) is 0 Å². The molecular formula is C11H22ClNO2. The lowest BCUT2D eigenvalue weighted by atomic mass is 10.1. The lowest BCUT2D eigenvalue weighted by Gasteiger charge is -2.14. The average molecular weight is 236 g/mol. The minimum Gasteiger partial charge on any atom is -0.382 e. The molecule has 1 aliphatic carbocycles. The molecule has 1 aliphatic rings. The van der Waals surface area contributed by atoms with Crippen LogP contribution in [-0.2, 0) is 9.47 Å². The molecule has 1 fully saturated rings. The van der Waals surface area contributed by atoms with Crippen LogP contribution in [0.15, 0.2) is 0 Å². The third-order valence-electron chi connectivity index (χ3n) is 2.83. The largest absolute Gasteiger partial charge is 0.382 e. The number of halogens is 1. The first-order valence-electron chi connectivity index (χ1n) is 5.76. The monoisotopic (exact) mass is 235 g/mol. The topological polar surface area (TPSA) is 30.5 Å². The first kappa shape index (κ1) is 13.2. The fourth-order valence-corrected chi connectivity index (χ4v) is 2.27. The summed E-state index contributed by atoms with van der Waals surface area (Å²) in [4.78, 5) is 0. The van der Waals surface area contributed by atoms with Gasteiger partial charge in [0.05, 0.1) is 19.8 Å². The number of hydrogen-bond acceptors (Lipinski definition) is 3. The van der Waals surface area contributed by atoms with Gasteiger partial charge in [0.1, 0.15) is 0 Å². The maximum absolute atomic E-state index is 6.17. The molecular weight excluding hydrogens is 214 g/mol. The van der Waals surface area contributed by atoms with Crippen LogP contribution in [0, 0.1) is 5.92 Å². The van der Waals surface area contributed by atoms with Crippen molar-refractivity contribution in [2.24, 2.45) is 5.92 Å². The Hall–Kier alpha value is 0.170. The van der Waals surface area contributed by atoms with E-state index in [1.54, 1.807) is 7.11 Å². The number of nitrogens with one attached hydrogen (secondary N) is 1. The maximum Gasteiger partial charge on any atom is 0.0700 e. The van der Waals surface area contributed by atoms with Crippen molar-refractivity contribution in [3.05, 3.63) is 0 Å². The van der Waals surface area contributed by atoms with Crippen LogP contribution in [-0.4, -0.2) is 45.4 Å². The maximum atomic E-state index is 6.17. The van der Waals surface area contributed by atoms with Crippen LogP contribution >= 0.6 is 11.6 Å². The summed E-state index contributed by atoms with van der Waals surface area (Å²) >= 11 is 6.17. The second-order valence-electron chi connectivity index (χ2n) is 4.02. The van der Waals surface area contributed by atoms with Gasteiger partial charge in [-0.05, 0) is 25.3 Å². The van der Waals surface area contributed by atoms with E-state index in [1.165, 1.54) is 19.3 Å². The molecule has 0 amide bonds. The van der Waals surface area contributed by atoms with Gasteiger partial charge in [-0.1, -0.05) is 6.42 Å². The van der Waals surface area contributed by atoms with E-state index in [0.29, 0.717) is 24.5 Å². The van der Waals surface area contributed by atoms with E-state index in [-0.39, 0.29) is 0 Å². The molecule has 1 rings (SSSR count). The zero-order valence-corrected chi connectivity index (χ0v) is 10.3. The van der Waals surface area contributed by atoms with Crippen LogP contribution in [0.4, 0.5) is 0 Å². The van der Waals surface area contributed by atoms with Gasteiger partial charge in [0, 0.05) is 19.0 Å². The van der Waals surface area contributed by atoms with E-state index in [0.717, 1.165) is 19.7 Å². The zero-order chi connectivity index (χ0) is 10.9. The average Bonchev–Trinajstić information content (AvgIpc) is 2.63. The highest BCUT2D eigenvalue weighted by atomic mass is 35.5. The predicted molar refractivity (Wildman–Crippen MR) is 62.5 cm³/mol. The number of methoxy groups -OCH3 is 1. The number of rotatable bonds is 8. The molecule has 15 heavy (non-hydrogen) atoms. The fourth-order valence-electron chi connectivity index (χ4n) is 1.90. The van der Waals surface area contributed by atoms with Crippen molar-refractivity contribution in [1.82, 2.24) is 5.32 Å². The van der Waals surface area contributed by atoms with Crippen LogP contribution in [0.1, 0.15) is 19.3 Å². The molecule has 0 spiro atoms. The SMILES string of the molecule is COCCOCCNCC1CCCC1Cl. The molecule has 0 radical (unpaired) electrons. The highest BCUT2D eigenvalue weighted by molar-refractivity contribution is 6.20. The molecule has 0 aromatic heterocycles. The van der Waals surface area contributed by atoms with Crippen molar-refractivity contribution in [3.63, 3.8) is 0 Å². The van der Waals surface area contributed by atoms with Crippen LogP contribution in [0.2, 0.25) is 0 Å². The summed E-state index contributed by atoms with van der Waals surface area (Å²) in [7, 11) is 1.68. The van der Waals surface area contributed by atoms with Gasteiger partial charge in [-0.3, -0.25) is 0 Å². The summed E-state index contributed by atoms with van der Waals surface area (Å²) < 4.78 is 10.2. The van der Waals surface area contributed by atoms with E-state index in [1.807, 2.05) is 0 Å². The van der Waals surface area contributed by atoms with Gasteiger partial charge >= 0.3 is 0 Å². The van der Waals surface area contributed by atoms with E-state index in [2.05, 4.69) is 5.32 Å². The molecule has 2 atom stereocenters. The summed E-state index contributed by atoms with van der Waals surface area (Å²) in [5, 5.41) is 3.77. The van der Waals surface area contributed by atoms with E-state index in [4.69, 9.17) is 21.1 Å². The Bertz CT molecular complexity index is 158. The van der Waals surface area contributed by atoms with Gasteiger partial charge in [-0.25, -0.2) is 0 Å². The molecule has 0 heterocycles. The number of alkyl halides is 1. The van der Waals surface area contributed by atoms with Crippen molar-refractivity contribution in [1.29, 1.82) is 0 Å². The Morgan fingerprint density at radius 1 is 1.27 bits per heavy atom. The van der Waals surface area contributed by atoms with Crippen LogP contribution < -0.4 is 5.32 Å². The molecule has 4 heteroatoms. The van der Waals surface area contributed by atoms with Crippen molar-refractivity contribution in [2.75, 3.05) is 40.0 Å². The van der Waals surface area contributed by atoms with Gasteiger partial charge in [0.2, 0.25) is 0 Å². The Balaban J connectivity index is 1.84. The Labute approximate surface area is 97.5 Å². The van der Waals surface area contributed by atoms with Crippen LogP contribution in [0.25, 0.3) is 0 Å². The smallest absolute Gasteiger partial charge is 0.0700 e. The lowest BCUT2D eigenvalue weighted by molar-refractivity contribution is 0.0717. The Morgan fingerprint density at radius 2 is 2.13 bits per heavy atom. The molecule has 90 valence electrons. The summed E-state index contributed by atoms with van der Waals surface area (Å²) in [5.74, 6) is 0.658. The van der Waals surface area contributed by atoms with Crippen molar-refractivity contribution in [3.8, 4) is 0 Å². The highest BCUT2D eigenvalue weighted by Crippen LogP contribution is 2.29. The standard InChI is InChI=1S/C11H22ClNO2/c1-14-7-8-15-6-5-13-9-10-3-2-4-11(10)12/h10-11,13H,2-9H2,1H3. The van der Waals surface area contributed by atoms with Gasteiger partial charge in [0.15, 0.2) is 0 Å². The second kappa shape index (κ2) is 8.34. The first-order valence-corrected chi connectivity index (χ1v) is 6.19. The number of hydrogen-bond donors (Lipinski definition) is 1. The Morgan fingerprint density at radius 3 is 2.80 bits per heavy atom. The summed E-state index contributed by atoms with van der Waals surface area (Å²) in [6.07, 6.45) is 3.73. The molecule has 1 saturated carbocycles. The van der Waals surface area contributed by atoms with Crippen molar-refractivity contribution in [2.45, 2.75) is 24.6 Å². The molecule has 0 aromatic carbocycles. The molecule has 0 saturated heterocycles. The van der Waals surface area contributed by atoms with Gasteiger partial charge < -0.3 is 14.8 Å². The van der Waals surface area contributed by atoms with E-state index in [9.17, 15) is 0 Å². The van der Waals surface area contributed by atoms with E-state index >= 15 is 0 Å². The molecule has 1 N–H and O–H groups in total. The normalized spacial score (nSPS) is 26.0. The van der Waals surface area contributed by atoms with E-state index < -0.39 is 0 Å². The van der Waals surface area contributed by atoms with Crippen LogP contribution in [0.3, 0.4) is 0 Å². The first-order chi connectivity index (χ1) is 7.34. The molecule has 3 nitrogen and oxygen atoms in total. The van der Waals surface area contributed by atoms with Gasteiger partial charge in [-0.15, -0.1) is 11.6 Å². The van der Waals surface area contributed by atoms with Crippen LogP contribution in [0.5, 0.6) is 0 Å². The summed E-state index contributed by atoms with van der Waals surface area (Å²) in [6, 6.07) is 0. The van der Waals surface area contributed by atoms with Crippen molar-refractivity contribution >= 4 is 11.6 Å². The molecule has 0 aliphatic heterocycles. The van der Waals surface area contributed by atoms with Gasteiger partial charge in [0.25, 0.3) is 0 Å². The minimum atomic E-state index is 0.381. The minimum absolute atomic E-state index is 0.381. The van der Waals surface area contributed by atoms with Crippen molar-refractivity contribution < 1.29 is 9.47 Å². The third kappa shape index (κ3) is 5.71. The molecule has 2 unspecified atom stereocenters. The fraction of sp³-hybridized carbons (Fsp3) is 1.00. The Kier molecular flexibility index (Phi) is 7.36. The lowest BCUT2D eigenvalue weighted by Crippen LogP contribution is -2.28. The summed E-state index contributed by atoms with van der Waals surface area (Å²) in [6.45, 7) is 4.04. The molecule has 0 bridgehead atoms. The zero-order valence-electron chi connectivity index (χ0n) is 9.51.